The van der Waals surface area contributed by atoms with Gasteiger partial charge in [-0.15, -0.1) is 0 Å². The number of para-hydroxylation sites is 1. The molecule has 2 fully saturated rings. The van der Waals surface area contributed by atoms with Crippen LogP contribution in [0.1, 0.15) is 43.2 Å². The molecule has 0 radical (unpaired) electrons. The van der Waals surface area contributed by atoms with Crippen LogP contribution in [0, 0.1) is 11.8 Å². The van der Waals surface area contributed by atoms with Crippen LogP contribution in [-0.4, -0.2) is 39.8 Å². The minimum absolute atomic E-state index is 0.0714. The molecule has 2 aliphatic rings. The molecule has 0 N–H and O–H groups in total. The number of likely N-dealkylation sites (tertiary alicyclic amines) is 1. The Bertz CT molecular complexity index is 804. The summed E-state index contributed by atoms with van der Waals surface area (Å²) in [6.07, 6.45) is 3.93. The summed E-state index contributed by atoms with van der Waals surface area (Å²) in [5, 5.41) is 4.93. The predicted octanol–water partition coefficient (Wildman–Crippen LogP) is 4.05. The first-order valence-corrected chi connectivity index (χ1v) is 9.66. The van der Waals surface area contributed by atoms with E-state index in [1.165, 1.54) is 0 Å². The molecule has 1 saturated carbocycles. The first-order chi connectivity index (χ1) is 12.5. The third-order valence-corrected chi connectivity index (χ3v) is 5.88. The van der Waals surface area contributed by atoms with Crippen molar-refractivity contribution in [2.24, 2.45) is 11.8 Å². The van der Waals surface area contributed by atoms with Gasteiger partial charge in [0.25, 0.3) is 5.91 Å². The van der Waals surface area contributed by atoms with Crippen molar-refractivity contribution in [2.75, 3.05) is 13.1 Å². The van der Waals surface area contributed by atoms with E-state index in [2.05, 4.69) is 5.10 Å². The van der Waals surface area contributed by atoms with E-state index in [-0.39, 0.29) is 18.1 Å². The largest absolute Gasteiger partial charge is 0.489 e. The first-order valence-electron chi connectivity index (χ1n) is 9.28. The van der Waals surface area contributed by atoms with Gasteiger partial charge in [0.15, 0.2) is 0 Å². The number of fused-ring (bicyclic) bond motifs is 1. The number of carbonyl (C=O) groups is 1. The van der Waals surface area contributed by atoms with Crippen LogP contribution in [-0.2, 0) is 0 Å². The number of ether oxygens (including phenoxy) is 1. The van der Waals surface area contributed by atoms with E-state index in [1.807, 2.05) is 49.1 Å². The lowest BCUT2D eigenvalue weighted by Gasteiger charge is -2.23. The van der Waals surface area contributed by atoms with Crippen molar-refractivity contribution >= 4 is 17.5 Å². The maximum Gasteiger partial charge on any atom is 0.272 e. The highest BCUT2D eigenvalue weighted by Crippen LogP contribution is 2.41. The molecule has 1 saturated heterocycles. The van der Waals surface area contributed by atoms with E-state index in [9.17, 15) is 4.79 Å². The second-order valence-corrected chi connectivity index (χ2v) is 7.96. The fraction of sp³-hybridized carbons (Fsp3) is 0.500. The number of hydrogen-bond acceptors (Lipinski definition) is 3. The Labute approximate surface area is 158 Å². The molecule has 1 aromatic heterocycles. The Hall–Kier alpha value is -2.01. The zero-order valence-electron chi connectivity index (χ0n) is 15.1. The Kier molecular flexibility index (Phi) is 4.65. The summed E-state index contributed by atoms with van der Waals surface area (Å²) in [6.45, 7) is 5.61. The molecular weight excluding hydrogens is 350 g/mol. The van der Waals surface area contributed by atoms with E-state index in [1.54, 1.807) is 10.9 Å². The Morgan fingerprint density at radius 3 is 2.81 bits per heavy atom. The van der Waals surface area contributed by atoms with Gasteiger partial charge in [0.05, 0.1) is 5.02 Å². The van der Waals surface area contributed by atoms with Crippen LogP contribution < -0.4 is 4.74 Å². The summed E-state index contributed by atoms with van der Waals surface area (Å²) in [4.78, 5) is 15.0. The standard InChI is InChI=1S/C20H24ClN3O2/c1-13(2)24-17(9-10-22-24)20(25)23-11-14-7-8-18(15(14)12-23)26-19-6-4-3-5-16(19)21/h3-6,9-10,13-15,18H,7-8,11-12H2,1-2H3/t14-,15+,18-/m0/s1. The molecule has 0 bridgehead atoms. The molecule has 0 spiro atoms. The highest BCUT2D eigenvalue weighted by Gasteiger charge is 2.45. The van der Waals surface area contributed by atoms with Crippen molar-refractivity contribution in [2.45, 2.75) is 38.8 Å². The van der Waals surface area contributed by atoms with Crippen molar-refractivity contribution < 1.29 is 9.53 Å². The van der Waals surface area contributed by atoms with Crippen LogP contribution in [0.25, 0.3) is 0 Å². The predicted molar refractivity (Wildman–Crippen MR) is 101 cm³/mol. The van der Waals surface area contributed by atoms with Gasteiger partial charge >= 0.3 is 0 Å². The maximum atomic E-state index is 13.0. The molecule has 4 rings (SSSR count). The number of rotatable bonds is 4. The van der Waals surface area contributed by atoms with E-state index < -0.39 is 0 Å². The molecule has 6 heteroatoms. The van der Waals surface area contributed by atoms with Gasteiger partial charge in [0.2, 0.25) is 0 Å². The minimum Gasteiger partial charge on any atom is -0.489 e. The van der Waals surface area contributed by atoms with Crippen LogP contribution in [0.15, 0.2) is 36.5 Å². The number of benzene rings is 1. The summed E-state index contributed by atoms with van der Waals surface area (Å²) >= 11 is 6.24. The van der Waals surface area contributed by atoms with Crippen LogP contribution in [0.2, 0.25) is 5.02 Å². The monoisotopic (exact) mass is 373 g/mol. The zero-order chi connectivity index (χ0) is 18.3. The Morgan fingerprint density at radius 2 is 2.04 bits per heavy atom. The van der Waals surface area contributed by atoms with Gasteiger partial charge in [0.1, 0.15) is 17.5 Å². The average molecular weight is 374 g/mol. The van der Waals surface area contributed by atoms with E-state index >= 15 is 0 Å². The van der Waals surface area contributed by atoms with Crippen molar-refractivity contribution in [3.05, 3.63) is 47.2 Å². The lowest BCUT2D eigenvalue weighted by molar-refractivity contribution is 0.0748. The Balaban J connectivity index is 1.47. The quantitative estimate of drug-likeness (QED) is 0.812. The summed E-state index contributed by atoms with van der Waals surface area (Å²) in [6, 6.07) is 9.58. The topological polar surface area (TPSA) is 47.4 Å². The summed E-state index contributed by atoms with van der Waals surface area (Å²) in [7, 11) is 0. The number of hydrogen-bond donors (Lipinski definition) is 0. The normalized spacial score (nSPS) is 24.9. The lowest BCUT2D eigenvalue weighted by atomic mass is 9.99. The van der Waals surface area contributed by atoms with Gasteiger partial charge in [-0.05, 0) is 50.8 Å². The van der Waals surface area contributed by atoms with Crippen LogP contribution >= 0.6 is 11.6 Å². The van der Waals surface area contributed by atoms with E-state index in [0.717, 1.165) is 31.7 Å². The molecule has 5 nitrogen and oxygen atoms in total. The first kappa shape index (κ1) is 17.4. The van der Waals surface area contributed by atoms with Crippen LogP contribution in [0.3, 0.4) is 0 Å². The summed E-state index contributed by atoms with van der Waals surface area (Å²) in [5.41, 5.74) is 0.670. The number of amides is 1. The number of carbonyl (C=O) groups excluding carboxylic acids is 1. The third kappa shape index (κ3) is 3.09. The van der Waals surface area contributed by atoms with Gasteiger partial charge in [-0.25, -0.2) is 0 Å². The molecule has 1 aliphatic carbocycles. The van der Waals surface area contributed by atoms with Crippen LogP contribution in [0.5, 0.6) is 5.75 Å². The van der Waals surface area contributed by atoms with Gasteiger partial charge in [0, 0.05) is 31.2 Å². The lowest BCUT2D eigenvalue weighted by Crippen LogP contribution is -2.34. The SMILES string of the molecule is CC(C)n1nccc1C(=O)N1C[C@@H]2CC[C@H](Oc3ccccc3Cl)[C@@H]2C1. The van der Waals surface area contributed by atoms with Gasteiger partial charge in [-0.3, -0.25) is 9.48 Å². The number of halogens is 1. The molecule has 138 valence electrons. The molecule has 1 aromatic carbocycles. The van der Waals surface area contributed by atoms with Gasteiger partial charge in [-0.2, -0.15) is 5.10 Å². The molecule has 26 heavy (non-hydrogen) atoms. The zero-order valence-corrected chi connectivity index (χ0v) is 15.9. The highest BCUT2D eigenvalue weighted by molar-refractivity contribution is 6.32. The third-order valence-electron chi connectivity index (χ3n) is 5.57. The van der Waals surface area contributed by atoms with Crippen LogP contribution in [0.4, 0.5) is 0 Å². The van der Waals surface area contributed by atoms with Gasteiger partial charge in [-0.1, -0.05) is 23.7 Å². The number of aromatic nitrogens is 2. The maximum absolute atomic E-state index is 13.0. The molecule has 1 amide bonds. The summed E-state index contributed by atoms with van der Waals surface area (Å²) < 4.78 is 8.01. The van der Waals surface area contributed by atoms with Crippen molar-refractivity contribution in [3.63, 3.8) is 0 Å². The molecule has 1 aliphatic heterocycles. The smallest absolute Gasteiger partial charge is 0.272 e. The Morgan fingerprint density at radius 1 is 1.23 bits per heavy atom. The van der Waals surface area contributed by atoms with E-state index in [4.69, 9.17) is 16.3 Å². The second kappa shape index (κ2) is 6.95. The highest BCUT2D eigenvalue weighted by atomic mass is 35.5. The fourth-order valence-corrected chi connectivity index (χ4v) is 4.47. The fourth-order valence-electron chi connectivity index (χ4n) is 4.29. The van der Waals surface area contributed by atoms with Gasteiger partial charge < -0.3 is 9.64 Å². The molecule has 2 aromatic rings. The minimum atomic E-state index is 0.0714. The molecular formula is C20H24ClN3O2. The molecule has 0 unspecified atom stereocenters. The molecule has 3 atom stereocenters. The molecule has 2 heterocycles. The van der Waals surface area contributed by atoms with Crippen molar-refractivity contribution in [1.82, 2.24) is 14.7 Å². The van der Waals surface area contributed by atoms with E-state index in [0.29, 0.717) is 22.6 Å². The van der Waals surface area contributed by atoms with Crippen molar-refractivity contribution in [1.29, 1.82) is 0 Å². The average Bonchev–Trinajstić information content (AvgIpc) is 3.32. The van der Waals surface area contributed by atoms with Crippen molar-refractivity contribution in [3.8, 4) is 5.75 Å². The summed E-state index contributed by atoms with van der Waals surface area (Å²) in [5.74, 6) is 1.68. The number of nitrogens with zero attached hydrogens (tertiary/aromatic N) is 3. The second-order valence-electron chi connectivity index (χ2n) is 7.55.